The highest BCUT2D eigenvalue weighted by molar-refractivity contribution is 7.20. The number of nitrogens with one attached hydrogen (secondary N) is 1. The van der Waals surface area contributed by atoms with Crippen LogP contribution in [0.4, 0.5) is 16.3 Å². The Bertz CT molecular complexity index is 1150. The summed E-state index contributed by atoms with van der Waals surface area (Å²) in [5, 5.41) is 16.6. The zero-order chi connectivity index (χ0) is 22.0. The molecule has 10 nitrogen and oxygen atoms in total. The van der Waals surface area contributed by atoms with Gasteiger partial charge in [-0.1, -0.05) is 12.1 Å². The average molecular weight is 481 g/mol. The van der Waals surface area contributed by atoms with Crippen LogP contribution in [0, 0.1) is 0 Å². The fraction of sp³-hybridized carbons (Fsp3) is 0.300. The number of ether oxygens (including phenoxy) is 2. The fourth-order valence-electron chi connectivity index (χ4n) is 3.33. The minimum absolute atomic E-state index is 0. The minimum atomic E-state index is -1.13. The number of hydrogen-bond acceptors (Lipinski definition) is 8. The second-order valence-electron chi connectivity index (χ2n) is 6.66. The predicted octanol–water partition coefficient (Wildman–Crippen LogP) is 3.31. The molecule has 0 unspecified atom stereocenters. The number of rotatable bonds is 5. The van der Waals surface area contributed by atoms with Gasteiger partial charge in [-0.25, -0.2) is 9.59 Å². The van der Waals surface area contributed by atoms with Crippen molar-refractivity contribution < 1.29 is 29.0 Å². The topological polar surface area (TPSA) is 123 Å². The number of fused-ring (bicyclic) bond motifs is 1. The molecule has 1 fully saturated rings. The highest BCUT2D eigenvalue weighted by atomic mass is 35.5. The van der Waals surface area contributed by atoms with Crippen LogP contribution in [0.15, 0.2) is 30.3 Å². The van der Waals surface area contributed by atoms with Crippen molar-refractivity contribution in [1.82, 2.24) is 9.78 Å². The van der Waals surface area contributed by atoms with Crippen molar-refractivity contribution in [1.29, 1.82) is 0 Å². The maximum Gasteiger partial charge on any atom is 0.436 e. The van der Waals surface area contributed by atoms with Gasteiger partial charge in [-0.3, -0.25) is 4.79 Å². The maximum atomic E-state index is 13.1. The van der Waals surface area contributed by atoms with Crippen LogP contribution < -0.4 is 10.2 Å². The fourth-order valence-corrected chi connectivity index (χ4v) is 4.27. The number of aromatic carboxylic acids is 1. The predicted molar refractivity (Wildman–Crippen MR) is 122 cm³/mol. The largest absolute Gasteiger partial charge is 0.477 e. The van der Waals surface area contributed by atoms with Crippen LogP contribution in [0.25, 0.3) is 10.2 Å². The minimum Gasteiger partial charge on any atom is -0.477 e. The molecule has 0 atom stereocenters. The molecule has 3 aromatic rings. The van der Waals surface area contributed by atoms with Crippen molar-refractivity contribution in [3.63, 3.8) is 0 Å². The Kier molecular flexibility index (Phi) is 7.33. The molecule has 1 aliphatic heterocycles. The van der Waals surface area contributed by atoms with E-state index in [9.17, 15) is 19.5 Å². The first-order valence-electron chi connectivity index (χ1n) is 9.65. The summed E-state index contributed by atoms with van der Waals surface area (Å²) in [4.78, 5) is 39.2. The summed E-state index contributed by atoms with van der Waals surface area (Å²) in [7, 11) is 0. The van der Waals surface area contributed by atoms with Crippen LogP contribution in [-0.4, -0.2) is 65.8 Å². The zero-order valence-corrected chi connectivity index (χ0v) is 18.7. The molecule has 0 aliphatic carbocycles. The highest BCUT2D eigenvalue weighted by Crippen LogP contribution is 2.32. The van der Waals surface area contributed by atoms with Crippen molar-refractivity contribution in [2.45, 2.75) is 6.92 Å². The SMILES string of the molecule is CCOC(=O)n1nc(NC(=O)c2ccccc2N2CCOCC2)c2cc(C(=O)O)sc21.Cl. The molecule has 32 heavy (non-hydrogen) atoms. The summed E-state index contributed by atoms with van der Waals surface area (Å²) < 4.78 is 11.4. The van der Waals surface area contributed by atoms with Gasteiger partial charge < -0.3 is 24.8 Å². The third-order valence-corrected chi connectivity index (χ3v) is 5.84. The summed E-state index contributed by atoms with van der Waals surface area (Å²) in [6, 6.07) is 8.57. The van der Waals surface area contributed by atoms with Crippen LogP contribution in [-0.2, 0) is 9.47 Å². The highest BCUT2D eigenvalue weighted by Gasteiger charge is 2.24. The molecule has 2 N–H and O–H groups in total. The number of aromatic nitrogens is 2. The van der Waals surface area contributed by atoms with Gasteiger partial charge in [0.15, 0.2) is 5.82 Å². The first kappa shape index (κ1) is 23.5. The lowest BCUT2D eigenvalue weighted by Crippen LogP contribution is -2.37. The van der Waals surface area contributed by atoms with E-state index in [2.05, 4.69) is 15.3 Å². The Morgan fingerprint density at radius 2 is 1.97 bits per heavy atom. The van der Waals surface area contributed by atoms with Crippen molar-refractivity contribution in [3.8, 4) is 0 Å². The Hall–Kier alpha value is -3.15. The molecule has 0 radical (unpaired) electrons. The number of thiophene rings is 1. The molecular weight excluding hydrogens is 460 g/mol. The van der Waals surface area contributed by atoms with Crippen molar-refractivity contribution >= 4 is 63.4 Å². The Morgan fingerprint density at radius 3 is 2.66 bits per heavy atom. The number of halogens is 1. The van der Waals surface area contributed by atoms with E-state index in [4.69, 9.17) is 9.47 Å². The van der Waals surface area contributed by atoms with Crippen molar-refractivity contribution in [2.24, 2.45) is 0 Å². The first-order chi connectivity index (χ1) is 15.0. The number of carboxylic acid groups (broad SMARTS) is 1. The molecule has 3 heterocycles. The molecule has 2 aromatic heterocycles. The van der Waals surface area contributed by atoms with Crippen molar-refractivity contribution in [3.05, 3.63) is 40.8 Å². The van der Waals surface area contributed by atoms with Gasteiger partial charge in [0.2, 0.25) is 0 Å². The van der Waals surface area contributed by atoms with E-state index in [1.165, 1.54) is 6.07 Å². The second kappa shape index (κ2) is 9.98. The van der Waals surface area contributed by atoms with Gasteiger partial charge in [-0.2, -0.15) is 4.68 Å². The molecule has 170 valence electrons. The standard InChI is InChI=1S/C20H20N4O6S.ClH/c1-2-30-20(28)24-18-13(11-15(31-18)19(26)27)16(22-24)21-17(25)12-5-3-4-6-14(12)23-7-9-29-10-8-23;/h3-6,11H,2,7-10H2,1H3,(H,26,27)(H,21,22,25);1H. The normalized spacial score (nSPS) is 13.5. The van der Waals surface area contributed by atoms with Gasteiger partial charge in [0.25, 0.3) is 5.91 Å². The quantitative estimate of drug-likeness (QED) is 0.570. The molecule has 0 bridgehead atoms. The molecule has 1 aromatic carbocycles. The number of carboxylic acids is 1. The van der Waals surface area contributed by atoms with Gasteiger partial charge in [0, 0.05) is 18.8 Å². The van der Waals surface area contributed by atoms with E-state index in [1.54, 1.807) is 19.1 Å². The summed E-state index contributed by atoms with van der Waals surface area (Å²) in [6.45, 7) is 4.27. The molecule has 1 amide bonds. The van der Waals surface area contributed by atoms with Crippen LogP contribution in [0.3, 0.4) is 0 Å². The van der Waals surface area contributed by atoms with Crippen LogP contribution >= 0.6 is 23.7 Å². The zero-order valence-electron chi connectivity index (χ0n) is 17.1. The molecule has 0 saturated carbocycles. The van der Waals surface area contributed by atoms with E-state index < -0.39 is 18.0 Å². The van der Waals surface area contributed by atoms with E-state index >= 15 is 0 Å². The number of benzene rings is 1. The number of morpholine rings is 1. The Morgan fingerprint density at radius 1 is 1.25 bits per heavy atom. The van der Waals surface area contributed by atoms with Crippen LogP contribution in [0.5, 0.6) is 0 Å². The molecule has 1 aliphatic rings. The van der Waals surface area contributed by atoms with Gasteiger partial charge >= 0.3 is 12.1 Å². The number of carbonyl (C=O) groups excluding carboxylic acids is 2. The van der Waals surface area contributed by atoms with E-state index in [1.807, 2.05) is 12.1 Å². The maximum absolute atomic E-state index is 13.1. The van der Waals surface area contributed by atoms with Crippen LogP contribution in [0.1, 0.15) is 27.0 Å². The molecule has 0 spiro atoms. The van der Waals surface area contributed by atoms with Gasteiger partial charge in [-0.15, -0.1) is 28.8 Å². The molecule has 12 heteroatoms. The number of amides is 1. The third kappa shape index (κ3) is 4.54. The molecule has 4 rings (SSSR count). The number of nitrogens with zero attached hydrogens (tertiary/aromatic N) is 3. The number of anilines is 2. The summed E-state index contributed by atoms with van der Waals surface area (Å²) in [5.74, 6) is -1.46. The summed E-state index contributed by atoms with van der Waals surface area (Å²) >= 11 is 0.882. The molecular formula is C20H21ClN4O6S. The summed E-state index contributed by atoms with van der Waals surface area (Å²) in [5.41, 5.74) is 1.21. The van der Waals surface area contributed by atoms with Gasteiger partial charge in [-0.05, 0) is 25.1 Å². The lowest BCUT2D eigenvalue weighted by Gasteiger charge is -2.30. The lowest BCUT2D eigenvalue weighted by atomic mass is 10.1. The van der Waals surface area contributed by atoms with Crippen LogP contribution in [0.2, 0.25) is 0 Å². The number of carbonyl (C=O) groups is 3. The Labute approximate surface area is 193 Å². The van der Waals surface area contributed by atoms with Crippen molar-refractivity contribution in [2.75, 3.05) is 43.1 Å². The average Bonchev–Trinajstić information content (AvgIpc) is 3.35. The van der Waals surface area contributed by atoms with Gasteiger partial charge in [0.1, 0.15) is 9.71 Å². The smallest absolute Gasteiger partial charge is 0.436 e. The Balaban J connectivity index is 0.00000289. The van der Waals surface area contributed by atoms with E-state index in [0.717, 1.165) is 21.7 Å². The van der Waals surface area contributed by atoms with E-state index in [0.29, 0.717) is 37.3 Å². The second-order valence-corrected chi connectivity index (χ2v) is 7.70. The molecule has 1 saturated heterocycles. The lowest BCUT2D eigenvalue weighted by molar-refractivity contribution is 0.0702. The monoisotopic (exact) mass is 480 g/mol. The number of hydrogen-bond donors (Lipinski definition) is 2. The number of para-hydroxylation sites is 1. The van der Waals surface area contributed by atoms with Gasteiger partial charge in [0.05, 0.1) is 30.8 Å². The third-order valence-electron chi connectivity index (χ3n) is 4.74. The summed E-state index contributed by atoms with van der Waals surface area (Å²) in [6.07, 6.45) is -0.750. The van der Waals surface area contributed by atoms with E-state index in [-0.39, 0.29) is 34.5 Å². The first-order valence-corrected chi connectivity index (χ1v) is 10.5.